The Morgan fingerprint density at radius 1 is 1.11 bits per heavy atom. The van der Waals surface area contributed by atoms with Crippen molar-refractivity contribution < 1.29 is 9.59 Å². The number of hydrogen-bond acceptors (Lipinski definition) is 5. The maximum absolute atomic E-state index is 12.1. The lowest BCUT2D eigenvalue weighted by molar-refractivity contribution is -0.116. The van der Waals surface area contributed by atoms with Crippen molar-refractivity contribution in [2.45, 2.75) is 38.1 Å². The number of carbonyl (C=O) groups is 2. The number of aromatic nitrogens is 1. The second-order valence-corrected chi connectivity index (χ2v) is 7.01. The summed E-state index contributed by atoms with van der Waals surface area (Å²) in [7, 11) is 0. The molecule has 0 aliphatic rings. The van der Waals surface area contributed by atoms with Crippen LogP contribution in [-0.4, -0.2) is 22.6 Å². The first kappa shape index (κ1) is 20.5. The highest BCUT2D eigenvalue weighted by Gasteiger charge is 2.09. The summed E-state index contributed by atoms with van der Waals surface area (Å²) in [5, 5.41) is 15.4. The van der Waals surface area contributed by atoms with Crippen LogP contribution in [0, 0.1) is 11.3 Å². The minimum Gasteiger partial charge on any atom is -0.326 e. The lowest BCUT2D eigenvalue weighted by atomic mass is 10.2. The van der Waals surface area contributed by atoms with Gasteiger partial charge in [0.15, 0.2) is 0 Å². The highest BCUT2D eigenvalue weighted by molar-refractivity contribution is 7.99. The van der Waals surface area contributed by atoms with Gasteiger partial charge in [-0.2, -0.15) is 5.26 Å². The van der Waals surface area contributed by atoms with E-state index in [2.05, 4.69) is 28.6 Å². The Hall–Kier alpha value is -2.85. The van der Waals surface area contributed by atoms with E-state index in [0.717, 1.165) is 18.5 Å². The number of anilines is 2. The molecule has 2 N–H and O–H groups in total. The predicted octanol–water partition coefficient (Wildman–Crippen LogP) is 3.99. The van der Waals surface area contributed by atoms with Gasteiger partial charge in [-0.15, -0.1) is 11.8 Å². The SMILES string of the molecule is CCCc1ccc(C#N)c(SCCC(=O)Nc2ccc(NC(C)=O)cc2)n1. The molecule has 2 rings (SSSR count). The number of nitriles is 1. The van der Waals surface area contributed by atoms with E-state index < -0.39 is 0 Å². The molecule has 27 heavy (non-hydrogen) atoms. The Morgan fingerprint density at radius 3 is 2.37 bits per heavy atom. The number of hydrogen-bond donors (Lipinski definition) is 2. The standard InChI is InChI=1S/C20H22N4O2S/c1-3-4-16-6-5-15(13-21)20(24-16)27-12-11-19(26)23-18-9-7-17(8-10-18)22-14(2)25/h5-10H,3-4,11-12H2,1-2H3,(H,22,25)(H,23,26). The van der Waals surface area contributed by atoms with Crippen LogP contribution in [0.15, 0.2) is 41.4 Å². The van der Waals surface area contributed by atoms with Gasteiger partial charge in [0.25, 0.3) is 0 Å². The molecule has 0 saturated carbocycles. The molecule has 1 aromatic carbocycles. The summed E-state index contributed by atoms with van der Waals surface area (Å²) in [5.41, 5.74) is 2.84. The molecule has 2 amide bonds. The van der Waals surface area contributed by atoms with E-state index in [9.17, 15) is 14.9 Å². The number of nitrogens with one attached hydrogen (secondary N) is 2. The largest absolute Gasteiger partial charge is 0.326 e. The molecule has 1 aromatic heterocycles. The van der Waals surface area contributed by atoms with Crippen molar-refractivity contribution >= 4 is 35.0 Å². The first-order chi connectivity index (χ1) is 13.0. The quantitative estimate of drug-likeness (QED) is 0.673. The van der Waals surface area contributed by atoms with Gasteiger partial charge in [0.05, 0.1) is 5.56 Å². The van der Waals surface area contributed by atoms with Crippen molar-refractivity contribution in [1.29, 1.82) is 5.26 Å². The van der Waals surface area contributed by atoms with Crippen molar-refractivity contribution in [3.8, 4) is 6.07 Å². The Balaban J connectivity index is 1.86. The number of carbonyl (C=O) groups excluding carboxylic acids is 2. The molecular formula is C20H22N4O2S. The fourth-order valence-corrected chi connectivity index (χ4v) is 3.31. The molecule has 0 bridgehead atoms. The Bertz CT molecular complexity index is 844. The van der Waals surface area contributed by atoms with Gasteiger partial charge in [0.2, 0.25) is 11.8 Å². The van der Waals surface area contributed by atoms with Gasteiger partial charge in [-0.3, -0.25) is 9.59 Å². The van der Waals surface area contributed by atoms with Crippen molar-refractivity contribution in [3.63, 3.8) is 0 Å². The highest BCUT2D eigenvalue weighted by atomic mass is 32.2. The van der Waals surface area contributed by atoms with Crippen molar-refractivity contribution in [3.05, 3.63) is 47.7 Å². The zero-order chi connectivity index (χ0) is 19.6. The monoisotopic (exact) mass is 382 g/mol. The van der Waals surface area contributed by atoms with Gasteiger partial charge >= 0.3 is 0 Å². The molecule has 0 aliphatic heterocycles. The molecule has 0 atom stereocenters. The van der Waals surface area contributed by atoms with Gasteiger partial charge in [-0.25, -0.2) is 4.98 Å². The van der Waals surface area contributed by atoms with E-state index in [0.29, 0.717) is 34.1 Å². The van der Waals surface area contributed by atoms with Crippen LogP contribution in [0.4, 0.5) is 11.4 Å². The summed E-state index contributed by atoms with van der Waals surface area (Å²) in [6.07, 6.45) is 2.17. The minimum atomic E-state index is -0.142. The average Bonchev–Trinajstić information content (AvgIpc) is 2.63. The topological polar surface area (TPSA) is 94.9 Å². The van der Waals surface area contributed by atoms with E-state index in [1.807, 2.05) is 6.07 Å². The summed E-state index contributed by atoms with van der Waals surface area (Å²) >= 11 is 1.42. The fourth-order valence-electron chi connectivity index (χ4n) is 2.37. The van der Waals surface area contributed by atoms with Crippen LogP contribution in [0.2, 0.25) is 0 Å². The van der Waals surface area contributed by atoms with Crippen LogP contribution < -0.4 is 10.6 Å². The molecule has 0 fully saturated rings. The van der Waals surface area contributed by atoms with E-state index in [1.165, 1.54) is 18.7 Å². The molecule has 0 radical (unpaired) electrons. The van der Waals surface area contributed by atoms with Crippen molar-refractivity contribution in [2.24, 2.45) is 0 Å². The first-order valence-corrected chi connectivity index (χ1v) is 9.70. The first-order valence-electron chi connectivity index (χ1n) is 8.72. The van der Waals surface area contributed by atoms with Gasteiger partial charge in [0, 0.05) is 36.2 Å². The van der Waals surface area contributed by atoms with E-state index in [1.54, 1.807) is 30.3 Å². The number of amides is 2. The molecule has 6 nitrogen and oxygen atoms in total. The van der Waals surface area contributed by atoms with Gasteiger partial charge in [-0.1, -0.05) is 13.3 Å². The van der Waals surface area contributed by atoms with Crippen molar-refractivity contribution in [1.82, 2.24) is 4.98 Å². The molecule has 1 heterocycles. The Morgan fingerprint density at radius 2 is 1.78 bits per heavy atom. The zero-order valence-corrected chi connectivity index (χ0v) is 16.2. The van der Waals surface area contributed by atoms with E-state index >= 15 is 0 Å². The molecule has 0 saturated heterocycles. The lowest BCUT2D eigenvalue weighted by Gasteiger charge is -2.08. The highest BCUT2D eigenvalue weighted by Crippen LogP contribution is 2.22. The van der Waals surface area contributed by atoms with E-state index in [-0.39, 0.29) is 11.8 Å². The van der Waals surface area contributed by atoms with Crippen LogP contribution in [0.5, 0.6) is 0 Å². The molecule has 0 unspecified atom stereocenters. The molecular weight excluding hydrogens is 360 g/mol. The Labute approximate surface area is 163 Å². The molecule has 140 valence electrons. The second-order valence-electron chi connectivity index (χ2n) is 5.92. The predicted molar refractivity (Wildman–Crippen MR) is 108 cm³/mol. The summed E-state index contributed by atoms with van der Waals surface area (Å²) in [5.74, 6) is 0.280. The van der Waals surface area contributed by atoms with Crippen LogP contribution in [0.25, 0.3) is 0 Å². The average molecular weight is 382 g/mol. The smallest absolute Gasteiger partial charge is 0.225 e. The summed E-state index contributed by atoms with van der Waals surface area (Å²) in [6, 6.07) is 12.7. The van der Waals surface area contributed by atoms with Gasteiger partial charge < -0.3 is 10.6 Å². The van der Waals surface area contributed by atoms with E-state index in [4.69, 9.17) is 0 Å². The number of thioether (sulfide) groups is 1. The maximum atomic E-state index is 12.1. The van der Waals surface area contributed by atoms with Gasteiger partial charge in [-0.05, 0) is 42.8 Å². The Kier molecular flexibility index (Phi) is 7.83. The molecule has 7 heteroatoms. The number of nitrogens with zero attached hydrogens (tertiary/aromatic N) is 2. The zero-order valence-electron chi connectivity index (χ0n) is 15.4. The van der Waals surface area contributed by atoms with Crippen LogP contribution >= 0.6 is 11.8 Å². The minimum absolute atomic E-state index is 0.113. The van der Waals surface area contributed by atoms with Gasteiger partial charge in [0.1, 0.15) is 11.1 Å². The lowest BCUT2D eigenvalue weighted by Crippen LogP contribution is -2.12. The molecule has 0 aliphatic carbocycles. The van der Waals surface area contributed by atoms with Crippen LogP contribution in [0.1, 0.15) is 37.9 Å². The second kappa shape index (κ2) is 10.3. The maximum Gasteiger partial charge on any atom is 0.225 e. The number of aryl methyl sites for hydroxylation is 1. The normalized spacial score (nSPS) is 10.1. The summed E-state index contributed by atoms with van der Waals surface area (Å²) in [6.45, 7) is 3.53. The van der Waals surface area contributed by atoms with Crippen LogP contribution in [0.3, 0.4) is 0 Å². The third kappa shape index (κ3) is 6.76. The summed E-state index contributed by atoms with van der Waals surface area (Å²) in [4.78, 5) is 27.6. The fraction of sp³-hybridized carbons (Fsp3) is 0.300. The summed E-state index contributed by atoms with van der Waals surface area (Å²) < 4.78 is 0. The number of benzene rings is 1. The number of rotatable bonds is 8. The third-order valence-electron chi connectivity index (χ3n) is 3.60. The van der Waals surface area contributed by atoms with Crippen molar-refractivity contribution in [2.75, 3.05) is 16.4 Å². The third-order valence-corrected chi connectivity index (χ3v) is 4.59. The number of pyridine rings is 1. The molecule has 2 aromatic rings. The molecule has 0 spiro atoms. The van der Waals surface area contributed by atoms with Crippen LogP contribution in [-0.2, 0) is 16.0 Å².